The molecule has 2 fully saturated rings. The van der Waals surface area contributed by atoms with Gasteiger partial charge in [0.05, 0.1) is 43.3 Å². The number of aromatic nitrogens is 8. The van der Waals surface area contributed by atoms with Crippen LogP contribution in [-0.4, -0.2) is 63.8 Å². The third-order valence-corrected chi connectivity index (χ3v) is 12.6. The fourth-order valence-corrected chi connectivity index (χ4v) is 8.77. The van der Waals surface area contributed by atoms with E-state index in [1.807, 2.05) is 61.6 Å². The molecule has 0 unspecified atom stereocenters. The number of thioether (sulfide) groups is 2. The number of pyridine rings is 4. The highest BCUT2D eigenvalue weighted by Crippen LogP contribution is 2.36. The first-order chi connectivity index (χ1) is 28.7. The lowest BCUT2D eigenvalue weighted by molar-refractivity contribution is 0.411. The van der Waals surface area contributed by atoms with E-state index in [1.165, 1.54) is 67.5 Å². The summed E-state index contributed by atoms with van der Waals surface area (Å²) in [5, 5.41) is 9.61. The van der Waals surface area contributed by atoms with Gasteiger partial charge in [0.25, 0.3) is 11.1 Å². The summed E-state index contributed by atoms with van der Waals surface area (Å²) in [5.41, 5.74) is 3.22. The molecule has 0 aliphatic heterocycles. The Labute approximate surface area is 353 Å². The van der Waals surface area contributed by atoms with E-state index in [9.17, 15) is 14.7 Å². The molecule has 0 radical (unpaired) electrons. The molecule has 6 aromatic rings. The highest BCUT2D eigenvalue weighted by atomic mass is 32.2. The maximum absolute atomic E-state index is 12.1. The Bertz CT molecular complexity index is 2390. The highest BCUT2D eigenvalue weighted by molar-refractivity contribution is 7.98. The number of rotatable bonds is 13. The second-order valence-electron chi connectivity index (χ2n) is 15.4. The van der Waals surface area contributed by atoms with E-state index in [2.05, 4.69) is 29.9 Å². The van der Waals surface area contributed by atoms with Crippen molar-refractivity contribution in [1.82, 2.24) is 39.0 Å². The summed E-state index contributed by atoms with van der Waals surface area (Å²) in [6, 6.07) is 13.7. The van der Waals surface area contributed by atoms with E-state index < -0.39 is 0 Å². The molecule has 2 saturated carbocycles. The minimum Gasteiger partial charge on any atom is -0.506 e. The number of hydrogen-bond acceptors (Lipinski definition) is 12. The topological polar surface area (TPSA) is 151 Å². The van der Waals surface area contributed by atoms with Crippen LogP contribution in [0, 0.1) is 23.7 Å². The molecule has 6 aromatic heterocycles. The second-order valence-corrected chi connectivity index (χ2v) is 17.1. The maximum atomic E-state index is 12.1. The number of aromatic hydroxyl groups is 1. The molecule has 12 nitrogen and oxygen atoms in total. The van der Waals surface area contributed by atoms with E-state index >= 15 is 0 Å². The van der Waals surface area contributed by atoms with Crippen LogP contribution in [0.25, 0.3) is 11.4 Å². The lowest BCUT2D eigenvalue weighted by Gasteiger charge is -2.12. The Morgan fingerprint density at radius 1 is 0.576 bits per heavy atom. The van der Waals surface area contributed by atoms with Crippen LogP contribution in [0.3, 0.4) is 0 Å². The van der Waals surface area contributed by atoms with Gasteiger partial charge in [0.1, 0.15) is 23.1 Å². The van der Waals surface area contributed by atoms with E-state index in [1.54, 1.807) is 59.9 Å². The molecule has 4 atom stereocenters. The first kappa shape index (κ1) is 41.8. The third kappa shape index (κ3) is 11.4. The summed E-state index contributed by atoms with van der Waals surface area (Å²) < 4.78 is 8.18. The van der Waals surface area contributed by atoms with E-state index in [-0.39, 0.29) is 16.9 Å². The standard InChI is InChI=1S/C23H26N4O2S.C22H24N4O2S/c1-29-20-7-8-23(28)27(15-20)19-6-5-18(24-12-19)10-16-3-4-17(9-16)11-22-25-13-21(30-2)14-26-22;1-29-20-12-24-21(25-13-20)10-16-3-2-15(8-16)9-17-4-5-18(11-23-17)26-14-19(27)6-7-22(26)28/h5-8,12-17H,3-4,9-11H2,1-2H3;4-7,11-16,27H,2-3,8-10H2,1H3/t16-,17-;15-,16-/m00/s1. The Hall–Kier alpha value is -5.34. The molecule has 8 rings (SSSR count). The molecular weight excluding hydrogens is 781 g/mol. The van der Waals surface area contributed by atoms with Crippen LogP contribution in [0.5, 0.6) is 11.5 Å². The lowest BCUT2D eigenvalue weighted by Crippen LogP contribution is -2.16. The van der Waals surface area contributed by atoms with Crippen molar-refractivity contribution in [2.75, 3.05) is 19.6 Å². The van der Waals surface area contributed by atoms with Crippen molar-refractivity contribution in [3.8, 4) is 22.9 Å². The Morgan fingerprint density at radius 3 is 1.44 bits per heavy atom. The zero-order chi connectivity index (χ0) is 41.1. The molecule has 6 heterocycles. The molecule has 2 aliphatic carbocycles. The van der Waals surface area contributed by atoms with Gasteiger partial charge in [-0.25, -0.2) is 19.9 Å². The summed E-state index contributed by atoms with van der Waals surface area (Å²) in [7, 11) is 1.59. The normalized spacial score (nSPS) is 18.6. The van der Waals surface area contributed by atoms with Crippen molar-refractivity contribution >= 4 is 23.5 Å². The molecule has 0 spiro atoms. The quantitative estimate of drug-likeness (QED) is 0.114. The zero-order valence-corrected chi connectivity index (χ0v) is 35.3. The van der Waals surface area contributed by atoms with E-state index in [4.69, 9.17) is 4.74 Å². The number of methoxy groups -OCH3 is 1. The Morgan fingerprint density at radius 2 is 1.02 bits per heavy atom. The van der Waals surface area contributed by atoms with Crippen LogP contribution >= 0.6 is 23.5 Å². The van der Waals surface area contributed by atoms with Crippen molar-refractivity contribution in [3.05, 3.63) is 142 Å². The van der Waals surface area contributed by atoms with Crippen molar-refractivity contribution < 1.29 is 9.84 Å². The van der Waals surface area contributed by atoms with Crippen molar-refractivity contribution in [3.63, 3.8) is 0 Å². The summed E-state index contributed by atoms with van der Waals surface area (Å²) in [6.45, 7) is 0. The van der Waals surface area contributed by atoms with Crippen LogP contribution in [0.1, 0.15) is 61.6 Å². The number of nitrogens with zero attached hydrogens (tertiary/aromatic N) is 8. The molecule has 1 N–H and O–H groups in total. The fraction of sp³-hybridized carbons (Fsp3) is 0.378. The minimum absolute atomic E-state index is 0.0535. The molecule has 306 valence electrons. The second kappa shape index (κ2) is 20.1. The van der Waals surface area contributed by atoms with Gasteiger partial charge in [-0.1, -0.05) is 0 Å². The summed E-state index contributed by atoms with van der Waals surface area (Å²) >= 11 is 3.33. The van der Waals surface area contributed by atoms with Crippen LogP contribution < -0.4 is 15.9 Å². The largest absolute Gasteiger partial charge is 0.506 e. The smallest absolute Gasteiger partial charge is 0.255 e. The average Bonchev–Trinajstić information content (AvgIpc) is 3.91. The van der Waals surface area contributed by atoms with Crippen LogP contribution in [0.15, 0.2) is 117 Å². The summed E-state index contributed by atoms with van der Waals surface area (Å²) in [4.78, 5) is 53.4. The average molecular weight is 831 g/mol. The van der Waals surface area contributed by atoms with Crippen LogP contribution in [0.2, 0.25) is 0 Å². The van der Waals surface area contributed by atoms with Gasteiger partial charge in [0.15, 0.2) is 0 Å². The van der Waals surface area contributed by atoms with Gasteiger partial charge < -0.3 is 9.84 Å². The molecule has 0 amide bonds. The van der Waals surface area contributed by atoms with Crippen LogP contribution in [-0.2, 0) is 25.7 Å². The number of hydrogen-bond donors (Lipinski definition) is 1. The van der Waals surface area contributed by atoms with Crippen molar-refractivity contribution in [2.45, 2.75) is 74.0 Å². The molecule has 14 heteroatoms. The van der Waals surface area contributed by atoms with Gasteiger partial charge in [0.2, 0.25) is 0 Å². The van der Waals surface area contributed by atoms with Gasteiger partial charge in [-0.3, -0.25) is 28.7 Å². The molecule has 59 heavy (non-hydrogen) atoms. The first-order valence-corrected chi connectivity index (χ1v) is 22.5. The Kier molecular flexibility index (Phi) is 14.2. The van der Waals surface area contributed by atoms with Gasteiger partial charge >= 0.3 is 0 Å². The third-order valence-electron chi connectivity index (χ3n) is 11.3. The number of ether oxygens (including phenoxy) is 1. The monoisotopic (exact) mass is 830 g/mol. The Balaban J connectivity index is 0.000000179. The van der Waals surface area contributed by atoms with Gasteiger partial charge in [-0.2, -0.15) is 0 Å². The maximum Gasteiger partial charge on any atom is 0.255 e. The predicted molar refractivity (Wildman–Crippen MR) is 232 cm³/mol. The molecule has 0 bridgehead atoms. The predicted octanol–water partition coefficient (Wildman–Crippen LogP) is 7.61. The first-order valence-electron chi connectivity index (χ1n) is 20.0. The van der Waals surface area contributed by atoms with Crippen molar-refractivity contribution in [2.24, 2.45) is 23.7 Å². The van der Waals surface area contributed by atoms with Gasteiger partial charge in [-0.05, 0) is 124 Å². The molecule has 2 aliphatic rings. The lowest BCUT2D eigenvalue weighted by atomic mass is 9.97. The van der Waals surface area contributed by atoms with Gasteiger partial charge in [0, 0.05) is 70.9 Å². The van der Waals surface area contributed by atoms with Gasteiger partial charge in [-0.15, -0.1) is 23.5 Å². The zero-order valence-electron chi connectivity index (χ0n) is 33.7. The van der Waals surface area contributed by atoms with E-state index in [0.717, 1.165) is 64.2 Å². The summed E-state index contributed by atoms with van der Waals surface area (Å²) in [6.07, 6.45) is 29.3. The van der Waals surface area contributed by atoms with Crippen LogP contribution in [0.4, 0.5) is 0 Å². The molecule has 0 aromatic carbocycles. The highest BCUT2D eigenvalue weighted by Gasteiger charge is 2.27. The molecular formula is C45H50N8O4S2. The fourth-order valence-electron chi connectivity index (χ4n) is 8.14. The van der Waals surface area contributed by atoms with E-state index in [0.29, 0.717) is 35.1 Å². The summed E-state index contributed by atoms with van der Waals surface area (Å²) in [5.74, 6) is 5.11. The minimum atomic E-state index is -0.191. The van der Waals surface area contributed by atoms with Crippen molar-refractivity contribution in [1.29, 1.82) is 0 Å². The molecule has 0 saturated heterocycles. The SMILES string of the molecule is COc1ccc(=O)n(-c2ccc(C[C@H]3CC[C@H](Cc4ncc(SC)cn4)C3)nc2)c1.CSc1cnc(C[C@H]2CC[C@H](Cc3ccc(-n4cc(O)ccc4=O)cn3)C2)nc1.